The Morgan fingerprint density at radius 3 is 2.94 bits per heavy atom. The van der Waals surface area contributed by atoms with Gasteiger partial charge in [-0.3, -0.25) is 0 Å². The molecule has 2 aromatic heterocycles. The number of hydrogen-bond acceptors (Lipinski definition) is 4. The van der Waals surface area contributed by atoms with Gasteiger partial charge in [0.15, 0.2) is 0 Å². The first-order valence-corrected chi connectivity index (χ1v) is 4.76. The van der Waals surface area contributed by atoms with Gasteiger partial charge in [-0.05, 0) is 19.1 Å². The van der Waals surface area contributed by atoms with Crippen molar-refractivity contribution in [2.45, 2.75) is 6.92 Å². The van der Waals surface area contributed by atoms with Crippen LogP contribution in [0.3, 0.4) is 0 Å². The molecule has 0 unspecified atom stereocenters. The molecule has 0 radical (unpaired) electrons. The van der Waals surface area contributed by atoms with E-state index < -0.39 is 0 Å². The fourth-order valence-electron chi connectivity index (χ4n) is 1.44. The summed E-state index contributed by atoms with van der Waals surface area (Å²) in [5, 5.41) is 0. The lowest BCUT2D eigenvalue weighted by atomic mass is 10.2. The minimum atomic E-state index is -0.388. The Morgan fingerprint density at radius 2 is 2.25 bits per heavy atom. The molecule has 2 aromatic rings. The van der Waals surface area contributed by atoms with Gasteiger partial charge in [-0.25, -0.2) is 14.8 Å². The zero-order valence-corrected chi connectivity index (χ0v) is 9.02. The number of aromatic amines is 1. The van der Waals surface area contributed by atoms with E-state index in [2.05, 4.69) is 19.7 Å². The lowest BCUT2D eigenvalue weighted by molar-refractivity contribution is 0.0595. The van der Waals surface area contributed by atoms with Crippen LogP contribution < -0.4 is 0 Å². The van der Waals surface area contributed by atoms with Crippen molar-refractivity contribution in [1.29, 1.82) is 0 Å². The Kier molecular flexibility index (Phi) is 2.68. The third kappa shape index (κ3) is 1.79. The van der Waals surface area contributed by atoms with Crippen molar-refractivity contribution < 1.29 is 9.53 Å². The predicted octanol–water partition coefficient (Wildman–Crippen LogP) is 1.57. The van der Waals surface area contributed by atoms with Crippen LogP contribution >= 0.6 is 0 Å². The van der Waals surface area contributed by atoms with E-state index >= 15 is 0 Å². The molecule has 0 atom stereocenters. The number of ether oxygens (including phenoxy) is 1. The van der Waals surface area contributed by atoms with Crippen molar-refractivity contribution in [3.63, 3.8) is 0 Å². The number of aromatic nitrogens is 3. The summed E-state index contributed by atoms with van der Waals surface area (Å²) in [6.45, 7) is 1.88. The van der Waals surface area contributed by atoms with E-state index in [1.165, 1.54) is 13.4 Å². The van der Waals surface area contributed by atoms with Crippen molar-refractivity contribution in [2.75, 3.05) is 7.11 Å². The summed E-state index contributed by atoms with van der Waals surface area (Å²) in [5.41, 5.74) is 2.95. The van der Waals surface area contributed by atoms with Crippen LogP contribution in [0, 0.1) is 6.92 Å². The number of aryl methyl sites for hydroxylation is 1. The second kappa shape index (κ2) is 4.14. The monoisotopic (exact) mass is 217 g/mol. The van der Waals surface area contributed by atoms with E-state index in [0.717, 1.165) is 17.0 Å². The fourth-order valence-corrected chi connectivity index (χ4v) is 1.44. The number of rotatable bonds is 2. The summed E-state index contributed by atoms with van der Waals surface area (Å²) in [6, 6.07) is 3.48. The summed E-state index contributed by atoms with van der Waals surface area (Å²) < 4.78 is 4.61. The maximum Gasteiger partial charge on any atom is 0.354 e. The number of esters is 1. The van der Waals surface area contributed by atoms with Gasteiger partial charge in [-0.15, -0.1) is 0 Å². The normalized spacial score (nSPS) is 10.1. The highest BCUT2D eigenvalue weighted by molar-refractivity contribution is 5.88. The van der Waals surface area contributed by atoms with Crippen molar-refractivity contribution >= 4 is 5.97 Å². The van der Waals surface area contributed by atoms with Gasteiger partial charge in [0.1, 0.15) is 12.0 Å². The molecule has 0 aliphatic carbocycles. The molecule has 1 N–H and O–H groups in total. The molecule has 0 aliphatic heterocycles. The molecule has 0 saturated carbocycles. The highest BCUT2D eigenvalue weighted by Crippen LogP contribution is 2.19. The van der Waals surface area contributed by atoms with Crippen LogP contribution in [-0.4, -0.2) is 28.0 Å². The number of methoxy groups -OCH3 is 1. The summed E-state index contributed by atoms with van der Waals surface area (Å²) >= 11 is 0. The van der Waals surface area contributed by atoms with Crippen LogP contribution in [0.5, 0.6) is 0 Å². The van der Waals surface area contributed by atoms with Crippen LogP contribution in [-0.2, 0) is 4.74 Å². The Bertz CT molecular complexity index is 519. The second-order valence-electron chi connectivity index (χ2n) is 3.30. The summed E-state index contributed by atoms with van der Waals surface area (Å²) in [4.78, 5) is 22.3. The van der Waals surface area contributed by atoms with Crippen LogP contribution in [0.1, 0.15) is 16.2 Å². The van der Waals surface area contributed by atoms with Gasteiger partial charge in [0, 0.05) is 23.1 Å². The molecular weight excluding hydrogens is 206 g/mol. The number of H-pyrrole nitrogens is 1. The molecule has 5 heteroatoms. The lowest BCUT2D eigenvalue weighted by Crippen LogP contribution is -2.01. The molecule has 2 heterocycles. The molecule has 0 spiro atoms. The smallest absolute Gasteiger partial charge is 0.354 e. The van der Waals surface area contributed by atoms with Crippen molar-refractivity contribution in [3.05, 3.63) is 36.0 Å². The molecule has 16 heavy (non-hydrogen) atoms. The topological polar surface area (TPSA) is 67.9 Å². The molecule has 0 fully saturated rings. The molecule has 0 saturated heterocycles. The van der Waals surface area contributed by atoms with E-state index in [1.807, 2.05) is 6.92 Å². The highest BCUT2D eigenvalue weighted by atomic mass is 16.5. The average molecular weight is 217 g/mol. The van der Waals surface area contributed by atoms with Crippen molar-refractivity contribution in [2.24, 2.45) is 0 Å². The molecule has 0 aliphatic rings. The van der Waals surface area contributed by atoms with E-state index in [-0.39, 0.29) is 5.97 Å². The summed E-state index contributed by atoms with van der Waals surface area (Å²) in [7, 11) is 1.35. The zero-order chi connectivity index (χ0) is 11.5. The Labute approximate surface area is 92.5 Å². The largest absolute Gasteiger partial charge is 0.464 e. The van der Waals surface area contributed by atoms with Gasteiger partial charge in [-0.2, -0.15) is 0 Å². The van der Waals surface area contributed by atoms with Gasteiger partial charge >= 0.3 is 5.97 Å². The van der Waals surface area contributed by atoms with Crippen molar-refractivity contribution in [1.82, 2.24) is 15.0 Å². The molecule has 0 amide bonds. The number of carbonyl (C=O) groups is 1. The van der Waals surface area contributed by atoms with Gasteiger partial charge in [-0.1, -0.05) is 0 Å². The van der Waals surface area contributed by atoms with Crippen LogP contribution in [0.15, 0.2) is 24.7 Å². The quantitative estimate of drug-likeness (QED) is 0.775. The SMILES string of the molecule is COC(=O)c1ccc(-c2cncnc2C)[nH]1. The third-order valence-corrected chi connectivity index (χ3v) is 2.29. The maximum atomic E-state index is 11.3. The first-order chi connectivity index (χ1) is 7.72. The fraction of sp³-hybridized carbons (Fsp3) is 0.182. The minimum Gasteiger partial charge on any atom is -0.464 e. The van der Waals surface area contributed by atoms with Crippen LogP contribution in [0.25, 0.3) is 11.3 Å². The number of hydrogen-bond donors (Lipinski definition) is 1. The van der Waals surface area contributed by atoms with E-state index in [4.69, 9.17) is 0 Å². The third-order valence-electron chi connectivity index (χ3n) is 2.29. The predicted molar refractivity (Wildman–Crippen MR) is 57.9 cm³/mol. The number of carbonyl (C=O) groups excluding carboxylic acids is 1. The molecule has 0 bridgehead atoms. The molecule has 0 aromatic carbocycles. The van der Waals surface area contributed by atoms with Crippen molar-refractivity contribution in [3.8, 4) is 11.3 Å². The molecule has 5 nitrogen and oxygen atoms in total. The van der Waals surface area contributed by atoms with Gasteiger partial charge < -0.3 is 9.72 Å². The number of nitrogens with one attached hydrogen (secondary N) is 1. The Hall–Kier alpha value is -2.17. The minimum absolute atomic E-state index is 0.388. The zero-order valence-electron chi connectivity index (χ0n) is 9.02. The number of nitrogens with zero attached hydrogens (tertiary/aromatic N) is 2. The van der Waals surface area contributed by atoms with E-state index in [1.54, 1.807) is 18.3 Å². The van der Waals surface area contributed by atoms with Gasteiger partial charge in [0.05, 0.1) is 7.11 Å². The Morgan fingerprint density at radius 1 is 1.44 bits per heavy atom. The van der Waals surface area contributed by atoms with Crippen LogP contribution in [0.2, 0.25) is 0 Å². The standard InChI is InChI=1S/C11H11N3O2/c1-7-8(5-12-6-13-7)9-3-4-10(14-9)11(15)16-2/h3-6,14H,1-2H3. The highest BCUT2D eigenvalue weighted by Gasteiger charge is 2.10. The van der Waals surface area contributed by atoms with Crippen LogP contribution in [0.4, 0.5) is 0 Å². The molecule has 82 valence electrons. The van der Waals surface area contributed by atoms with E-state index in [9.17, 15) is 4.79 Å². The summed E-state index contributed by atoms with van der Waals surface area (Å²) in [6.07, 6.45) is 3.19. The summed E-state index contributed by atoms with van der Waals surface area (Å²) in [5.74, 6) is -0.388. The Balaban J connectivity index is 2.39. The first-order valence-electron chi connectivity index (χ1n) is 4.76. The van der Waals surface area contributed by atoms with Gasteiger partial charge in [0.25, 0.3) is 0 Å². The average Bonchev–Trinajstić information content (AvgIpc) is 2.78. The van der Waals surface area contributed by atoms with E-state index in [0.29, 0.717) is 5.69 Å². The molecular formula is C11H11N3O2. The van der Waals surface area contributed by atoms with Gasteiger partial charge in [0.2, 0.25) is 0 Å². The first kappa shape index (κ1) is 10.4. The lowest BCUT2D eigenvalue weighted by Gasteiger charge is -2.00. The second-order valence-corrected chi connectivity index (χ2v) is 3.30. The molecule has 2 rings (SSSR count). The maximum absolute atomic E-state index is 11.3.